The highest BCUT2D eigenvalue weighted by molar-refractivity contribution is 7.90. The summed E-state index contributed by atoms with van der Waals surface area (Å²) in [5.41, 5.74) is 6.40. The Morgan fingerprint density at radius 2 is 1.82 bits per heavy atom. The summed E-state index contributed by atoms with van der Waals surface area (Å²) in [5.74, 6) is 0.0621. The third-order valence-electron chi connectivity index (χ3n) is 2.43. The van der Waals surface area contributed by atoms with E-state index in [2.05, 4.69) is 0 Å². The van der Waals surface area contributed by atoms with Crippen molar-refractivity contribution < 1.29 is 8.42 Å². The normalized spacial score (nSPS) is 11.6. The SMILES string of the molecule is NCc1ccc(S(=O)(=O)Cc2cccs2)cc1. The summed E-state index contributed by atoms with van der Waals surface area (Å²) in [6, 6.07) is 10.4. The van der Waals surface area contributed by atoms with Gasteiger partial charge in [0.25, 0.3) is 0 Å². The van der Waals surface area contributed by atoms with Crippen molar-refractivity contribution in [3.05, 3.63) is 52.2 Å². The second-order valence-corrected chi connectivity index (χ2v) is 6.71. The first-order valence-corrected chi connectivity index (χ1v) is 7.69. The molecule has 3 nitrogen and oxygen atoms in total. The molecular weight excluding hydrogens is 254 g/mol. The molecular formula is C12H13NO2S2. The average Bonchev–Trinajstić information content (AvgIpc) is 2.81. The summed E-state index contributed by atoms with van der Waals surface area (Å²) in [6.07, 6.45) is 0. The van der Waals surface area contributed by atoms with E-state index in [-0.39, 0.29) is 5.75 Å². The Morgan fingerprint density at radius 3 is 2.35 bits per heavy atom. The minimum absolute atomic E-state index is 0.0621. The van der Waals surface area contributed by atoms with Gasteiger partial charge in [0.1, 0.15) is 0 Å². The molecule has 2 rings (SSSR count). The largest absolute Gasteiger partial charge is 0.326 e. The summed E-state index contributed by atoms with van der Waals surface area (Å²) in [4.78, 5) is 1.20. The van der Waals surface area contributed by atoms with Gasteiger partial charge in [0.15, 0.2) is 9.84 Å². The highest BCUT2D eigenvalue weighted by Crippen LogP contribution is 2.19. The Hall–Kier alpha value is -1.17. The maximum Gasteiger partial charge on any atom is 0.183 e. The van der Waals surface area contributed by atoms with Crippen LogP contribution in [0.2, 0.25) is 0 Å². The predicted molar refractivity (Wildman–Crippen MR) is 69.5 cm³/mol. The molecule has 5 heteroatoms. The molecule has 0 spiro atoms. The molecule has 0 aliphatic heterocycles. The van der Waals surface area contributed by atoms with Crippen LogP contribution in [0.3, 0.4) is 0 Å². The van der Waals surface area contributed by atoms with Crippen molar-refractivity contribution in [2.75, 3.05) is 0 Å². The molecule has 1 heterocycles. The van der Waals surface area contributed by atoms with Crippen molar-refractivity contribution in [2.24, 2.45) is 5.73 Å². The molecule has 0 bridgehead atoms. The standard InChI is InChI=1S/C12H13NO2S2/c13-8-10-3-5-12(6-4-10)17(14,15)9-11-2-1-7-16-11/h1-7H,8-9,13H2. The van der Waals surface area contributed by atoms with Gasteiger partial charge in [0.05, 0.1) is 10.6 Å². The first-order valence-electron chi connectivity index (χ1n) is 5.16. The van der Waals surface area contributed by atoms with E-state index in [0.29, 0.717) is 11.4 Å². The highest BCUT2D eigenvalue weighted by atomic mass is 32.2. The second kappa shape index (κ2) is 5.00. The summed E-state index contributed by atoms with van der Waals surface area (Å²) in [5, 5.41) is 1.88. The minimum atomic E-state index is -3.24. The van der Waals surface area contributed by atoms with Crippen LogP contribution in [0.15, 0.2) is 46.7 Å². The third-order valence-corrected chi connectivity index (χ3v) is 5.17. The second-order valence-electron chi connectivity index (χ2n) is 3.69. The monoisotopic (exact) mass is 267 g/mol. The van der Waals surface area contributed by atoms with Gasteiger partial charge < -0.3 is 5.73 Å². The Labute approximate surface area is 105 Å². The van der Waals surface area contributed by atoms with Gasteiger partial charge in [-0.3, -0.25) is 0 Å². The first-order chi connectivity index (χ1) is 8.12. The van der Waals surface area contributed by atoms with Gasteiger partial charge in [-0.2, -0.15) is 0 Å². The van der Waals surface area contributed by atoms with Crippen molar-refractivity contribution in [1.29, 1.82) is 0 Å². The smallest absolute Gasteiger partial charge is 0.183 e. The lowest BCUT2D eigenvalue weighted by Gasteiger charge is -2.04. The van der Waals surface area contributed by atoms with Gasteiger partial charge in [-0.15, -0.1) is 11.3 Å². The van der Waals surface area contributed by atoms with Crippen molar-refractivity contribution in [3.8, 4) is 0 Å². The van der Waals surface area contributed by atoms with E-state index >= 15 is 0 Å². The van der Waals surface area contributed by atoms with Crippen LogP contribution in [-0.2, 0) is 22.1 Å². The zero-order valence-corrected chi connectivity index (χ0v) is 10.8. The molecule has 0 unspecified atom stereocenters. The Kier molecular flexibility index (Phi) is 3.61. The molecule has 0 atom stereocenters. The molecule has 0 amide bonds. The van der Waals surface area contributed by atoms with Gasteiger partial charge in [0.2, 0.25) is 0 Å². The van der Waals surface area contributed by atoms with Gasteiger partial charge in [-0.25, -0.2) is 8.42 Å². The van der Waals surface area contributed by atoms with Crippen LogP contribution in [0.1, 0.15) is 10.4 Å². The van der Waals surface area contributed by atoms with E-state index in [0.717, 1.165) is 10.4 Å². The zero-order valence-electron chi connectivity index (χ0n) is 9.17. The molecule has 90 valence electrons. The number of thiophene rings is 1. The van der Waals surface area contributed by atoms with Crippen LogP contribution in [0.4, 0.5) is 0 Å². The van der Waals surface area contributed by atoms with Crippen LogP contribution < -0.4 is 5.73 Å². The Bertz CT molecular complexity index is 571. The maximum atomic E-state index is 12.1. The third kappa shape index (κ3) is 2.94. The van der Waals surface area contributed by atoms with Gasteiger partial charge in [-0.1, -0.05) is 18.2 Å². The van der Waals surface area contributed by atoms with E-state index in [4.69, 9.17) is 5.73 Å². The van der Waals surface area contributed by atoms with E-state index in [1.807, 2.05) is 17.5 Å². The fourth-order valence-corrected chi connectivity index (χ4v) is 3.91. The van der Waals surface area contributed by atoms with E-state index < -0.39 is 9.84 Å². The fourth-order valence-electron chi connectivity index (χ4n) is 1.50. The quantitative estimate of drug-likeness (QED) is 0.923. The van der Waals surface area contributed by atoms with Crippen LogP contribution >= 0.6 is 11.3 Å². The predicted octanol–water partition coefficient (Wildman–Crippen LogP) is 2.18. The van der Waals surface area contributed by atoms with Crippen molar-refractivity contribution in [2.45, 2.75) is 17.2 Å². The maximum absolute atomic E-state index is 12.1. The molecule has 2 N–H and O–H groups in total. The number of rotatable bonds is 4. The van der Waals surface area contributed by atoms with E-state index in [9.17, 15) is 8.42 Å². The van der Waals surface area contributed by atoms with Crippen LogP contribution in [-0.4, -0.2) is 8.42 Å². The molecule has 1 aromatic carbocycles. The van der Waals surface area contributed by atoms with Crippen molar-refractivity contribution in [1.82, 2.24) is 0 Å². The first kappa shape index (κ1) is 12.3. The highest BCUT2D eigenvalue weighted by Gasteiger charge is 2.15. The zero-order chi connectivity index (χ0) is 12.3. The molecule has 0 aliphatic carbocycles. The summed E-state index contributed by atoms with van der Waals surface area (Å²) < 4.78 is 24.1. The lowest BCUT2D eigenvalue weighted by molar-refractivity contribution is 0.595. The number of sulfone groups is 1. The molecule has 0 saturated heterocycles. The Morgan fingerprint density at radius 1 is 1.12 bits per heavy atom. The van der Waals surface area contributed by atoms with E-state index in [1.165, 1.54) is 11.3 Å². The minimum Gasteiger partial charge on any atom is -0.326 e. The van der Waals surface area contributed by atoms with Crippen molar-refractivity contribution >= 4 is 21.2 Å². The number of hydrogen-bond acceptors (Lipinski definition) is 4. The molecule has 0 radical (unpaired) electrons. The molecule has 17 heavy (non-hydrogen) atoms. The Balaban J connectivity index is 2.25. The number of nitrogens with two attached hydrogens (primary N) is 1. The summed E-state index contributed by atoms with van der Waals surface area (Å²) in [6.45, 7) is 0.422. The molecule has 2 aromatic rings. The number of benzene rings is 1. The topological polar surface area (TPSA) is 60.2 Å². The van der Waals surface area contributed by atoms with Gasteiger partial charge >= 0.3 is 0 Å². The molecule has 0 fully saturated rings. The van der Waals surface area contributed by atoms with Crippen LogP contribution in [0.25, 0.3) is 0 Å². The lowest BCUT2D eigenvalue weighted by Crippen LogP contribution is -2.04. The van der Waals surface area contributed by atoms with Crippen molar-refractivity contribution in [3.63, 3.8) is 0 Å². The molecule has 0 aliphatic rings. The lowest BCUT2D eigenvalue weighted by atomic mass is 10.2. The van der Waals surface area contributed by atoms with E-state index in [1.54, 1.807) is 24.3 Å². The summed E-state index contributed by atoms with van der Waals surface area (Å²) >= 11 is 1.45. The van der Waals surface area contributed by atoms with Crippen LogP contribution in [0, 0.1) is 0 Å². The summed E-state index contributed by atoms with van der Waals surface area (Å²) in [7, 11) is -3.24. The van der Waals surface area contributed by atoms with Gasteiger partial charge in [0, 0.05) is 11.4 Å². The average molecular weight is 267 g/mol. The fraction of sp³-hybridized carbons (Fsp3) is 0.167. The van der Waals surface area contributed by atoms with Gasteiger partial charge in [-0.05, 0) is 29.1 Å². The number of hydrogen-bond donors (Lipinski definition) is 1. The molecule has 1 aromatic heterocycles. The van der Waals surface area contributed by atoms with Crippen LogP contribution in [0.5, 0.6) is 0 Å². The molecule has 0 saturated carbocycles.